The third kappa shape index (κ3) is 6.51. The quantitative estimate of drug-likeness (QED) is 0.751. The molecule has 0 heterocycles. The zero-order chi connectivity index (χ0) is 19.5. The van der Waals surface area contributed by atoms with Crippen LogP contribution in [0.4, 0.5) is 0 Å². The first-order valence-corrected chi connectivity index (χ1v) is 8.87. The van der Waals surface area contributed by atoms with E-state index >= 15 is 0 Å². The average molecular weight is 356 g/mol. The van der Waals surface area contributed by atoms with E-state index in [9.17, 15) is 9.59 Å². The SMILES string of the molecule is CC(C)(C)OC(=O)Cc1ccc2ccc(CC(=O)OC(C)(C)C)cc2c1. The fourth-order valence-electron chi connectivity index (χ4n) is 2.65. The maximum Gasteiger partial charge on any atom is 0.310 e. The molecule has 0 aliphatic heterocycles. The van der Waals surface area contributed by atoms with Gasteiger partial charge in [0.25, 0.3) is 0 Å². The Balaban J connectivity index is 2.15. The van der Waals surface area contributed by atoms with Gasteiger partial charge in [0, 0.05) is 0 Å². The highest BCUT2D eigenvalue weighted by Crippen LogP contribution is 2.20. The fraction of sp³-hybridized carbons (Fsp3) is 0.455. The van der Waals surface area contributed by atoms with Gasteiger partial charge in [-0.25, -0.2) is 0 Å². The Kier molecular flexibility index (Phi) is 5.74. The average Bonchev–Trinajstić information content (AvgIpc) is 2.42. The smallest absolute Gasteiger partial charge is 0.310 e. The maximum absolute atomic E-state index is 12.0. The highest BCUT2D eigenvalue weighted by molar-refractivity contribution is 5.86. The molecule has 0 amide bonds. The van der Waals surface area contributed by atoms with Gasteiger partial charge >= 0.3 is 11.9 Å². The van der Waals surface area contributed by atoms with Gasteiger partial charge in [-0.1, -0.05) is 36.4 Å². The Morgan fingerprint density at radius 1 is 0.692 bits per heavy atom. The van der Waals surface area contributed by atoms with Crippen molar-refractivity contribution in [2.24, 2.45) is 0 Å². The monoisotopic (exact) mass is 356 g/mol. The second-order valence-electron chi connectivity index (χ2n) is 8.54. The molecule has 2 rings (SSSR count). The summed E-state index contributed by atoms with van der Waals surface area (Å²) in [5, 5.41) is 2.05. The molecule has 0 bridgehead atoms. The normalized spacial score (nSPS) is 12.1. The molecule has 26 heavy (non-hydrogen) atoms. The molecule has 2 aromatic carbocycles. The van der Waals surface area contributed by atoms with Crippen molar-refractivity contribution in [2.45, 2.75) is 65.6 Å². The third-order valence-corrected chi connectivity index (χ3v) is 3.51. The van der Waals surface area contributed by atoms with E-state index in [-0.39, 0.29) is 24.8 Å². The van der Waals surface area contributed by atoms with Crippen LogP contribution in [0.5, 0.6) is 0 Å². The van der Waals surface area contributed by atoms with Crippen molar-refractivity contribution in [3.63, 3.8) is 0 Å². The second kappa shape index (κ2) is 7.48. The third-order valence-electron chi connectivity index (χ3n) is 3.51. The van der Waals surface area contributed by atoms with E-state index in [1.54, 1.807) is 0 Å². The summed E-state index contributed by atoms with van der Waals surface area (Å²) in [6, 6.07) is 11.8. The van der Waals surface area contributed by atoms with Crippen LogP contribution in [0.15, 0.2) is 36.4 Å². The van der Waals surface area contributed by atoms with E-state index in [0.29, 0.717) is 0 Å². The summed E-state index contributed by atoms with van der Waals surface area (Å²) in [7, 11) is 0. The van der Waals surface area contributed by atoms with Crippen molar-refractivity contribution in [1.82, 2.24) is 0 Å². The molecule has 0 atom stereocenters. The number of hydrogen-bond donors (Lipinski definition) is 0. The minimum atomic E-state index is -0.492. The van der Waals surface area contributed by atoms with Crippen LogP contribution in [0.25, 0.3) is 10.8 Å². The van der Waals surface area contributed by atoms with Crippen molar-refractivity contribution in [3.05, 3.63) is 47.5 Å². The molecule has 4 heteroatoms. The van der Waals surface area contributed by atoms with Gasteiger partial charge in [-0.2, -0.15) is 0 Å². The summed E-state index contributed by atoms with van der Waals surface area (Å²) >= 11 is 0. The van der Waals surface area contributed by atoms with Crippen LogP contribution in [-0.4, -0.2) is 23.1 Å². The van der Waals surface area contributed by atoms with Crippen molar-refractivity contribution in [2.75, 3.05) is 0 Å². The van der Waals surface area contributed by atoms with Crippen molar-refractivity contribution in [3.8, 4) is 0 Å². The van der Waals surface area contributed by atoms with E-state index < -0.39 is 11.2 Å². The molecule has 0 aromatic heterocycles. The summed E-state index contributed by atoms with van der Waals surface area (Å²) < 4.78 is 10.8. The van der Waals surface area contributed by atoms with Gasteiger partial charge in [0.15, 0.2) is 0 Å². The Morgan fingerprint density at radius 2 is 1.08 bits per heavy atom. The first kappa shape index (κ1) is 20.0. The number of fused-ring (bicyclic) bond motifs is 1. The Labute approximate surface area is 155 Å². The molecule has 0 N–H and O–H groups in total. The Bertz CT molecular complexity index is 742. The van der Waals surface area contributed by atoms with Crippen LogP contribution >= 0.6 is 0 Å². The van der Waals surface area contributed by atoms with Crippen molar-refractivity contribution >= 4 is 22.7 Å². The van der Waals surface area contributed by atoms with Crippen LogP contribution in [0.1, 0.15) is 52.7 Å². The van der Waals surface area contributed by atoms with Gasteiger partial charge < -0.3 is 9.47 Å². The van der Waals surface area contributed by atoms with Crippen molar-refractivity contribution in [1.29, 1.82) is 0 Å². The minimum absolute atomic E-state index is 0.226. The topological polar surface area (TPSA) is 52.6 Å². The second-order valence-corrected chi connectivity index (χ2v) is 8.54. The Hall–Kier alpha value is -2.36. The largest absolute Gasteiger partial charge is 0.460 e. The van der Waals surface area contributed by atoms with E-state index in [1.165, 1.54) is 0 Å². The van der Waals surface area contributed by atoms with E-state index in [4.69, 9.17) is 9.47 Å². The summed E-state index contributed by atoms with van der Waals surface area (Å²) in [6.07, 6.45) is 0.451. The number of carbonyl (C=O) groups excluding carboxylic acids is 2. The lowest BCUT2D eigenvalue weighted by Crippen LogP contribution is -2.25. The number of esters is 2. The van der Waals surface area contributed by atoms with Crippen LogP contribution in [-0.2, 0) is 31.9 Å². The summed E-state index contributed by atoms with van der Waals surface area (Å²) in [5.41, 5.74) is 0.797. The van der Waals surface area contributed by atoms with Gasteiger partial charge in [0.1, 0.15) is 11.2 Å². The highest BCUT2D eigenvalue weighted by Gasteiger charge is 2.18. The van der Waals surface area contributed by atoms with Crippen LogP contribution < -0.4 is 0 Å². The highest BCUT2D eigenvalue weighted by atomic mass is 16.6. The first-order chi connectivity index (χ1) is 11.9. The number of rotatable bonds is 4. The molecule has 140 valence electrons. The standard InChI is InChI=1S/C22H28O4/c1-21(2,3)25-19(23)13-15-7-9-17-10-8-16(12-18(17)11-15)14-20(24)26-22(4,5)6/h7-12H,13-14H2,1-6H3. The first-order valence-electron chi connectivity index (χ1n) is 8.87. The molecular formula is C22H28O4. The zero-order valence-electron chi connectivity index (χ0n) is 16.5. The lowest BCUT2D eigenvalue weighted by Gasteiger charge is -2.19. The maximum atomic E-state index is 12.0. The van der Waals surface area contributed by atoms with Gasteiger partial charge in [0.2, 0.25) is 0 Å². The minimum Gasteiger partial charge on any atom is -0.460 e. The molecule has 0 fully saturated rings. The zero-order valence-corrected chi connectivity index (χ0v) is 16.5. The Morgan fingerprint density at radius 3 is 1.42 bits per heavy atom. The van der Waals surface area contributed by atoms with Crippen LogP contribution in [0.3, 0.4) is 0 Å². The number of carbonyl (C=O) groups is 2. The van der Waals surface area contributed by atoms with E-state index in [0.717, 1.165) is 21.9 Å². The molecule has 0 aliphatic carbocycles. The molecule has 0 saturated heterocycles. The van der Waals surface area contributed by atoms with Crippen LogP contribution in [0.2, 0.25) is 0 Å². The molecule has 0 radical (unpaired) electrons. The molecule has 2 aromatic rings. The molecular weight excluding hydrogens is 328 g/mol. The predicted octanol–water partition coefficient (Wildman–Crippen LogP) is 4.61. The number of benzene rings is 2. The molecule has 4 nitrogen and oxygen atoms in total. The fourth-order valence-corrected chi connectivity index (χ4v) is 2.65. The lowest BCUT2D eigenvalue weighted by atomic mass is 10.0. The van der Waals surface area contributed by atoms with Gasteiger partial charge in [-0.15, -0.1) is 0 Å². The van der Waals surface area contributed by atoms with Gasteiger partial charge in [-0.3, -0.25) is 9.59 Å². The van der Waals surface area contributed by atoms with Crippen molar-refractivity contribution < 1.29 is 19.1 Å². The van der Waals surface area contributed by atoms with Gasteiger partial charge in [0.05, 0.1) is 12.8 Å². The molecule has 0 aliphatic rings. The summed E-state index contributed by atoms with van der Waals surface area (Å²) in [4.78, 5) is 24.1. The van der Waals surface area contributed by atoms with Gasteiger partial charge in [-0.05, 0) is 63.4 Å². The number of ether oxygens (including phenoxy) is 2. The van der Waals surface area contributed by atoms with E-state index in [1.807, 2.05) is 77.9 Å². The van der Waals surface area contributed by atoms with E-state index in [2.05, 4.69) is 0 Å². The lowest BCUT2D eigenvalue weighted by molar-refractivity contribution is -0.155. The predicted molar refractivity (Wildman–Crippen MR) is 103 cm³/mol. The summed E-state index contributed by atoms with van der Waals surface area (Å²) in [6.45, 7) is 11.1. The summed E-state index contributed by atoms with van der Waals surface area (Å²) in [5.74, 6) is -0.497. The molecule has 0 saturated carbocycles. The molecule has 0 spiro atoms. The van der Waals surface area contributed by atoms with Crippen LogP contribution in [0, 0.1) is 0 Å². The molecule has 0 unspecified atom stereocenters. The number of hydrogen-bond acceptors (Lipinski definition) is 4.